The molecule has 2 aromatic carbocycles. The second-order valence-corrected chi connectivity index (χ2v) is 4.80. The summed E-state index contributed by atoms with van der Waals surface area (Å²) in [6.07, 6.45) is -0.592. The van der Waals surface area contributed by atoms with Gasteiger partial charge in [-0.3, -0.25) is 4.79 Å². The molecule has 21 heavy (non-hydrogen) atoms. The van der Waals surface area contributed by atoms with Gasteiger partial charge in [0.2, 0.25) is 0 Å². The van der Waals surface area contributed by atoms with E-state index in [1.165, 1.54) is 6.92 Å². The maximum absolute atomic E-state index is 11.8. The fraction of sp³-hybridized carbons (Fsp3) is 0.294. The first-order valence-corrected chi connectivity index (χ1v) is 6.89. The van der Waals surface area contributed by atoms with Crippen molar-refractivity contribution in [2.24, 2.45) is 0 Å². The molecule has 0 N–H and O–H groups in total. The summed E-state index contributed by atoms with van der Waals surface area (Å²) >= 11 is 0. The topological polar surface area (TPSA) is 52.6 Å². The van der Waals surface area contributed by atoms with Crippen molar-refractivity contribution >= 4 is 22.5 Å². The monoisotopic (exact) mass is 286 g/mol. The SMILES string of the molecule is CCO[C@H](C)C(=O)Oc1ccc2cc(C(C)=O)ccc2c1. The van der Waals surface area contributed by atoms with Gasteiger partial charge >= 0.3 is 5.97 Å². The zero-order chi connectivity index (χ0) is 15.4. The predicted molar refractivity (Wildman–Crippen MR) is 80.7 cm³/mol. The first-order valence-electron chi connectivity index (χ1n) is 6.89. The third-order valence-corrected chi connectivity index (χ3v) is 3.19. The van der Waals surface area contributed by atoms with Gasteiger partial charge in [0.25, 0.3) is 0 Å². The standard InChI is InChI=1S/C17H18O4/c1-4-20-12(3)17(19)21-16-8-7-14-9-13(11(2)18)5-6-15(14)10-16/h5-10,12H,4H2,1-3H3/t12-/m1/s1. The van der Waals surface area contributed by atoms with Crippen molar-refractivity contribution in [3.8, 4) is 5.75 Å². The molecule has 0 aliphatic heterocycles. The van der Waals surface area contributed by atoms with Crippen LogP contribution in [-0.4, -0.2) is 24.5 Å². The molecule has 0 unspecified atom stereocenters. The van der Waals surface area contributed by atoms with Crippen LogP contribution < -0.4 is 4.74 Å². The minimum atomic E-state index is -0.592. The van der Waals surface area contributed by atoms with Crippen LogP contribution in [0.2, 0.25) is 0 Å². The van der Waals surface area contributed by atoms with Crippen molar-refractivity contribution in [3.63, 3.8) is 0 Å². The molecule has 0 heterocycles. The molecule has 110 valence electrons. The summed E-state index contributed by atoms with van der Waals surface area (Å²) in [7, 11) is 0. The van der Waals surface area contributed by atoms with Crippen molar-refractivity contribution < 1.29 is 19.1 Å². The first-order chi connectivity index (χ1) is 10.0. The Morgan fingerprint density at radius 2 is 1.76 bits per heavy atom. The van der Waals surface area contributed by atoms with Crippen molar-refractivity contribution in [2.75, 3.05) is 6.61 Å². The number of rotatable bonds is 5. The Balaban J connectivity index is 2.21. The van der Waals surface area contributed by atoms with E-state index in [1.807, 2.05) is 25.1 Å². The van der Waals surface area contributed by atoms with Gasteiger partial charge in [-0.05, 0) is 49.7 Å². The zero-order valence-corrected chi connectivity index (χ0v) is 12.4. The molecule has 0 aromatic heterocycles. The highest BCUT2D eigenvalue weighted by atomic mass is 16.6. The Kier molecular flexibility index (Phi) is 4.70. The van der Waals surface area contributed by atoms with Gasteiger partial charge in [-0.2, -0.15) is 0 Å². The maximum atomic E-state index is 11.8. The molecule has 2 rings (SSSR count). The zero-order valence-electron chi connectivity index (χ0n) is 12.4. The van der Waals surface area contributed by atoms with E-state index in [4.69, 9.17) is 9.47 Å². The van der Waals surface area contributed by atoms with Crippen molar-refractivity contribution in [2.45, 2.75) is 26.9 Å². The molecule has 2 aromatic rings. The van der Waals surface area contributed by atoms with E-state index in [0.29, 0.717) is 17.9 Å². The van der Waals surface area contributed by atoms with Crippen LogP contribution in [0.3, 0.4) is 0 Å². The molecule has 0 saturated heterocycles. The van der Waals surface area contributed by atoms with E-state index in [9.17, 15) is 9.59 Å². The summed E-state index contributed by atoms with van der Waals surface area (Å²) in [5.74, 6) is 0.0733. The smallest absolute Gasteiger partial charge is 0.340 e. The van der Waals surface area contributed by atoms with E-state index in [0.717, 1.165) is 10.8 Å². The highest BCUT2D eigenvalue weighted by Crippen LogP contribution is 2.22. The van der Waals surface area contributed by atoms with Gasteiger partial charge in [-0.1, -0.05) is 18.2 Å². The molecule has 4 nitrogen and oxygen atoms in total. The summed E-state index contributed by atoms with van der Waals surface area (Å²) in [5.41, 5.74) is 0.664. The largest absolute Gasteiger partial charge is 0.425 e. The van der Waals surface area contributed by atoms with Crippen LogP contribution in [0.1, 0.15) is 31.1 Å². The Bertz CT molecular complexity index is 676. The average molecular weight is 286 g/mol. The Labute approximate surface area is 123 Å². The van der Waals surface area contributed by atoms with Crippen molar-refractivity contribution in [3.05, 3.63) is 42.0 Å². The summed E-state index contributed by atoms with van der Waals surface area (Å²) in [6, 6.07) is 10.7. The minimum Gasteiger partial charge on any atom is -0.425 e. The lowest BCUT2D eigenvalue weighted by Gasteiger charge is -2.11. The summed E-state index contributed by atoms with van der Waals surface area (Å²) in [5, 5.41) is 1.84. The van der Waals surface area contributed by atoms with E-state index >= 15 is 0 Å². The first kappa shape index (κ1) is 15.2. The van der Waals surface area contributed by atoms with E-state index in [1.54, 1.807) is 25.1 Å². The molecule has 0 radical (unpaired) electrons. The van der Waals surface area contributed by atoms with Gasteiger partial charge in [0.1, 0.15) is 5.75 Å². The molecule has 0 aliphatic rings. The molecule has 0 spiro atoms. The minimum absolute atomic E-state index is 0.0259. The lowest BCUT2D eigenvalue weighted by molar-refractivity contribution is -0.145. The van der Waals surface area contributed by atoms with Gasteiger partial charge in [0, 0.05) is 12.2 Å². The highest BCUT2D eigenvalue weighted by Gasteiger charge is 2.15. The highest BCUT2D eigenvalue weighted by molar-refractivity contribution is 5.98. The quantitative estimate of drug-likeness (QED) is 0.480. The van der Waals surface area contributed by atoms with Crippen LogP contribution in [0.25, 0.3) is 10.8 Å². The Hall–Kier alpha value is -2.20. The lowest BCUT2D eigenvalue weighted by atomic mass is 10.0. The van der Waals surface area contributed by atoms with Crippen LogP contribution in [-0.2, 0) is 9.53 Å². The van der Waals surface area contributed by atoms with Gasteiger partial charge in [-0.15, -0.1) is 0 Å². The molecule has 1 atom stereocenters. The van der Waals surface area contributed by atoms with Gasteiger partial charge in [-0.25, -0.2) is 4.79 Å². The van der Waals surface area contributed by atoms with Gasteiger partial charge in [0.05, 0.1) is 0 Å². The lowest BCUT2D eigenvalue weighted by Crippen LogP contribution is -2.25. The molecular weight excluding hydrogens is 268 g/mol. The average Bonchev–Trinajstić information content (AvgIpc) is 2.46. The van der Waals surface area contributed by atoms with E-state index in [2.05, 4.69) is 0 Å². The second kappa shape index (κ2) is 6.50. The number of Topliss-reactive ketones (excluding diaryl/α,β-unsaturated/α-hetero) is 1. The number of fused-ring (bicyclic) bond motifs is 1. The fourth-order valence-corrected chi connectivity index (χ4v) is 2.02. The number of esters is 1. The van der Waals surface area contributed by atoms with Crippen LogP contribution in [0, 0.1) is 0 Å². The predicted octanol–water partition coefficient (Wildman–Crippen LogP) is 3.37. The number of carbonyl (C=O) groups excluding carboxylic acids is 2. The molecule has 0 amide bonds. The number of ether oxygens (including phenoxy) is 2. The van der Waals surface area contributed by atoms with Crippen molar-refractivity contribution in [1.29, 1.82) is 0 Å². The summed E-state index contributed by atoms with van der Waals surface area (Å²) in [4.78, 5) is 23.1. The molecule has 4 heteroatoms. The van der Waals surface area contributed by atoms with Crippen molar-refractivity contribution in [1.82, 2.24) is 0 Å². The maximum Gasteiger partial charge on any atom is 0.340 e. The Morgan fingerprint density at radius 3 is 2.43 bits per heavy atom. The molecule has 0 aliphatic carbocycles. The third kappa shape index (κ3) is 3.67. The molecular formula is C17H18O4. The van der Waals surface area contributed by atoms with E-state index < -0.39 is 12.1 Å². The number of hydrogen-bond acceptors (Lipinski definition) is 4. The normalized spacial score (nSPS) is 12.1. The number of ketones is 1. The fourth-order valence-electron chi connectivity index (χ4n) is 2.02. The van der Waals surface area contributed by atoms with Crippen LogP contribution >= 0.6 is 0 Å². The van der Waals surface area contributed by atoms with E-state index in [-0.39, 0.29) is 5.78 Å². The third-order valence-electron chi connectivity index (χ3n) is 3.19. The Morgan fingerprint density at radius 1 is 1.10 bits per heavy atom. The van der Waals surface area contributed by atoms with Gasteiger partial charge in [0.15, 0.2) is 11.9 Å². The second-order valence-electron chi connectivity index (χ2n) is 4.80. The summed E-state index contributed by atoms with van der Waals surface area (Å²) < 4.78 is 10.5. The molecule has 0 bridgehead atoms. The number of benzene rings is 2. The summed E-state index contributed by atoms with van der Waals surface area (Å²) in [6.45, 7) is 5.48. The molecule has 0 saturated carbocycles. The number of carbonyl (C=O) groups is 2. The van der Waals surface area contributed by atoms with Crippen LogP contribution in [0.15, 0.2) is 36.4 Å². The number of hydrogen-bond donors (Lipinski definition) is 0. The molecule has 0 fully saturated rings. The van der Waals surface area contributed by atoms with Gasteiger partial charge < -0.3 is 9.47 Å². The van der Waals surface area contributed by atoms with Crippen LogP contribution in [0.5, 0.6) is 5.75 Å². The van der Waals surface area contributed by atoms with Crippen LogP contribution in [0.4, 0.5) is 0 Å².